The Balaban J connectivity index is 2.07. The van der Waals surface area contributed by atoms with Gasteiger partial charge in [0.05, 0.1) is 5.39 Å². The van der Waals surface area contributed by atoms with E-state index in [1.807, 2.05) is 13.0 Å². The van der Waals surface area contributed by atoms with Gasteiger partial charge in [-0.15, -0.1) is 11.3 Å². The SMILES string of the molecule is Cc1cc2c(=O)[nH]c(Cc3ccccc3F)nc2s1. The number of aromatic nitrogens is 2. The number of aromatic amines is 1. The Morgan fingerprint density at radius 1 is 1.37 bits per heavy atom. The second-order valence-electron chi connectivity index (χ2n) is 4.36. The van der Waals surface area contributed by atoms with Crippen LogP contribution in [0.25, 0.3) is 10.2 Å². The zero-order chi connectivity index (χ0) is 13.4. The molecule has 19 heavy (non-hydrogen) atoms. The summed E-state index contributed by atoms with van der Waals surface area (Å²) >= 11 is 1.47. The highest BCUT2D eigenvalue weighted by Gasteiger charge is 2.09. The molecule has 3 rings (SSSR count). The average Bonchev–Trinajstić information content (AvgIpc) is 2.73. The van der Waals surface area contributed by atoms with Crippen LogP contribution in [0.15, 0.2) is 35.1 Å². The van der Waals surface area contributed by atoms with E-state index in [4.69, 9.17) is 0 Å². The molecule has 2 aromatic heterocycles. The normalized spacial score (nSPS) is 11.1. The van der Waals surface area contributed by atoms with Gasteiger partial charge in [0.2, 0.25) is 0 Å². The minimum atomic E-state index is -0.285. The lowest BCUT2D eigenvalue weighted by atomic mass is 10.1. The lowest BCUT2D eigenvalue weighted by Crippen LogP contribution is -2.11. The van der Waals surface area contributed by atoms with Crippen LogP contribution in [-0.4, -0.2) is 9.97 Å². The number of rotatable bonds is 2. The van der Waals surface area contributed by atoms with E-state index in [-0.39, 0.29) is 17.8 Å². The summed E-state index contributed by atoms with van der Waals surface area (Å²) in [7, 11) is 0. The van der Waals surface area contributed by atoms with Crippen LogP contribution in [-0.2, 0) is 6.42 Å². The van der Waals surface area contributed by atoms with Crippen molar-refractivity contribution in [3.63, 3.8) is 0 Å². The fraction of sp³-hybridized carbons (Fsp3) is 0.143. The number of hydrogen-bond acceptors (Lipinski definition) is 3. The lowest BCUT2D eigenvalue weighted by molar-refractivity contribution is 0.612. The van der Waals surface area contributed by atoms with Crippen LogP contribution in [0.3, 0.4) is 0 Å². The van der Waals surface area contributed by atoms with Gasteiger partial charge in [-0.3, -0.25) is 4.79 Å². The maximum absolute atomic E-state index is 13.6. The average molecular weight is 274 g/mol. The Morgan fingerprint density at radius 2 is 2.16 bits per heavy atom. The summed E-state index contributed by atoms with van der Waals surface area (Å²) in [5.74, 6) is 0.206. The fourth-order valence-electron chi connectivity index (χ4n) is 2.00. The van der Waals surface area contributed by atoms with Gasteiger partial charge in [0, 0.05) is 11.3 Å². The smallest absolute Gasteiger partial charge is 0.259 e. The largest absolute Gasteiger partial charge is 0.310 e. The van der Waals surface area contributed by atoms with Crippen LogP contribution in [0, 0.1) is 12.7 Å². The first-order chi connectivity index (χ1) is 9.13. The van der Waals surface area contributed by atoms with E-state index in [9.17, 15) is 9.18 Å². The fourth-order valence-corrected chi connectivity index (χ4v) is 2.90. The van der Waals surface area contributed by atoms with E-state index in [1.54, 1.807) is 18.2 Å². The van der Waals surface area contributed by atoms with Crippen molar-refractivity contribution in [1.82, 2.24) is 9.97 Å². The minimum absolute atomic E-state index is 0.166. The predicted molar refractivity (Wildman–Crippen MR) is 74.2 cm³/mol. The molecule has 0 amide bonds. The molecule has 0 spiro atoms. The molecular formula is C14H11FN2OS. The lowest BCUT2D eigenvalue weighted by Gasteiger charge is -2.02. The molecule has 0 saturated heterocycles. The first-order valence-corrected chi connectivity index (χ1v) is 6.68. The van der Waals surface area contributed by atoms with E-state index >= 15 is 0 Å². The molecule has 1 aromatic carbocycles. The standard InChI is InChI=1S/C14H11FN2OS/c1-8-6-10-13(18)16-12(17-14(10)19-8)7-9-4-2-3-5-11(9)15/h2-6H,7H2,1H3,(H,16,17,18). The Hall–Kier alpha value is -2.01. The molecule has 0 saturated carbocycles. The highest BCUT2D eigenvalue weighted by molar-refractivity contribution is 7.18. The quantitative estimate of drug-likeness (QED) is 0.780. The van der Waals surface area contributed by atoms with Gasteiger partial charge >= 0.3 is 0 Å². The van der Waals surface area contributed by atoms with Gasteiger partial charge in [-0.25, -0.2) is 9.37 Å². The van der Waals surface area contributed by atoms with E-state index in [2.05, 4.69) is 9.97 Å². The summed E-state index contributed by atoms with van der Waals surface area (Å²) in [5, 5.41) is 0.597. The molecule has 5 heteroatoms. The Kier molecular flexibility index (Phi) is 2.91. The molecule has 1 N–H and O–H groups in total. The van der Waals surface area contributed by atoms with E-state index in [0.717, 1.165) is 4.88 Å². The predicted octanol–water partition coefficient (Wildman–Crippen LogP) is 3.02. The Labute approximate surface area is 112 Å². The summed E-state index contributed by atoms with van der Waals surface area (Å²) in [4.78, 5) is 20.7. The number of hydrogen-bond donors (Lipinski definition) is 1. The number of aryl methyl sites for hydroxylation is 1. The highest BCUT2D eigenvalue weighted by atomic mass is 32.1. The third-order valence-corrected chi connectivity index (χ3v) is 3.83. The maximum atomic E-state index is 13.6. The van der Waals surface area contributed by atoms with Crippen LogP contribution in [0.2, 0.25) is 0 Å². The third-order valence-electron chi connectivity index (χ3n) is 2.89. The van der Waals surface area contributed by atoms with E-state index in [1.165, 1.54) is 17.4 Å². The molecule has 0 atom stereocenters. The molecule has 0 fully saturated rings. The van der Waals surface area contributed by atoms with Crippen molar-refractivity contribution in [2.24, 2.45) is 0 Å². The van der Waals surface area contributed by atoms with Gasteiger partial charge < -0.3 is 4.98 Å². The second-order valence-corrected chi connectivity index (χ2v) is 5.59. The Morgan fingerprint density at radius 3 is 2.95 bits per heavy atom. The molecule has 2 heterocycles. The van der Waals surface area contributed by atoms with Crippen molar-refractivity contribution in [3.05, 3.63) is 62.8 Å². The highest BCUT2D eigenvalue weighted by Crippen LogP contribution is 2.20. The first-order valence-electron chi connectivity index (χ1n) is 5.86. The minimum Gasteiger partial charge on any atom is -0.310 e. The van der Waals surface area contributed by atoms with Gasteiger partial charge in [-0.05, 0) is 24.6 Å². The summed E-state index contributed by atoms with van der Waals surface area (Å²) in [6, 6.07) is 8.32. The topological polar surface area (TPSA) is 45.8 Å². The van der Waals surface area contributed by atoms with Gasteiger partial charge in [-0.1, -0.05) is 18.2 Å². The first kappa shape index (κ1) is 12.0. The second kappa shape index (κ2) is 4.59. The molecule has 0 aliphatic rings. The van der Waals surface area contributed by atoms with Crippen LogP contribution in [0.5, 0.6) is 0 Å². The van der Waals surface area contributed by atoms with Crippen molar-refractivity contribution in [1.29, 1.82) is 0 Å². The van der Waals surface area contributed by atoms with Crippen LogP contribution in [0.4, 0.5) is 4.39 Å². The molecule has 3 nitrogen and oxygen atoms in total. The number of H-pyrrole nitrogens is 1. The summed E-state index contributed by atoms with van der Waals surface area (Å²) in [6.45, 7) is 1.93. The molecule has 0 unspecified atom stereocenters. The van der Waals surface area contributed by atoms with E-state index < -0.39 is 0 Å². The molecule has 0 bridgehead atoms. The zero-order valence-electron chi connectivity index (χ0n) is 10.2. The van der Waals surface area contributed by atoms with Crippen molar-refractivity contribution in [2.45, 2.75) is 13.3 Å². The van der Waals surface area contributed by atoms with Crippen molar-refractivity contribution >= 4 is 21.6 Å². The van der Waals surface area contributed by atoms with Gasteiger partial charge in [0.15, 0.2) is 0 Å². The van der Waals surface area contributed by atoms with Crippen molar-refractivity contribution in [2.75, 3.05) is 0 Å². The molecular weight excluding hydrogens is 263 g/mol. The van der Waals surface area contributed by atoms with Crippen LogP contribution >= 0.6 is 11.3 Å². The molecule has 0 aliphatic heterocycles. The van der Waals surface area contributed by atoms with Crippen molar-refractivity contribution in [3.8, 4) is 0 Å². The molecule has 0 aliphatic carbocycles. The molecule has 0 radical (unpaired) electrons. The summed E-state index contributed by atoms with van der Waals surface area (Å²) in [5.41, 5.74) is 0.360. The number of nitrogens with zero attached hydrogens (tertiary/aromatic N) is 1. The molecule has 96 valence electrons. The number of nitrogens with one attached hydrogen (secondary N) is 1. The van der Waals surface area contributed by atoms with Crippen LogP contribution < -0.4 is 5.56 Å². The van der Waals surface area contributed by atoms with Gasteiger partial charge in [0.1, 0.15) is 16.5 Å². The molecule has 3 aromatic rings. The van der Waals surface area contributed by atoms with Gasteiger partial charge in [-0.2, -0.15) is 0 Å². The van der Waals surface area contributed by atoms with Gasteiger partial charge in [0.25, 0.3) is 5.56 Å². The maximum Gasteiger partial charge on any atom is 0.259 e. The van der Waals surface area contributed by atoms with Crippen molar-refractivity contribution < 1.29 is 4.39 Å². The van der Waals surface area contributed by atoms with Crippen LogP contribution in [0.1, 0.15) is 16.3 Å². The number of thiophene rings is 1. The third kappa shape index (κ3) is 2.29. The number of halogens is 1. The zero-order valence-corrected chi connectivity index (χ0v) is 11.1. The number of benzene rings is 1. The van der Waals surface area contributed by atoms with E-state index in [0.29, 0.717) is 21.6 Å². The number of fused-ring (bicyclic) bond motifs is 1. The summed E-state index contributed by atoms with van der Waals surface area (Å²) < 4.78 is 13.6. The summed E-state index contributed by atoms with van der Waals surface area (Å²) in [6.07, 6.45) is 0.287. The monoisotopic (exact) mass is 274 g/mol. The Bertz CT molecular complexity index is 807.